The summed E-state index contributed by atoms with van der Waals surface area (Å²) >= 11 is 0. The SMILES string of the molecule is O=C(Cn1nnc(-c2ccccc2)n1)N/N=C\c1c(F)c(F)c(F)c(F)c1F. The molecule has 0 aliphatic rings. The van der Waals surface area contributed by atoms with E-state index in [1.54, 1.807) is 30.3 Å². The molecule has 3 rings (SSSR count). The number of amides is 1. The Morgan fingerprint density at radius 3 is 2.25 bits per heavy atom. The molecule has 2 aromatic carbocycles. The second kappa shape index (κ2) is 7.90. The number of nitrogens with zero attached hydrogens (tertiary/aromatic N) is 5. The molecule has 0 saturated heterocycles. The Morgan fingerprint density at radius 1 is 1.00 bits per heavy atom. The normalized spacial score (nSPS) is 11.2. The van der Waals surface area contributed by atoms with E-state index in [2.05, 4.69) is 20.5 Å². The summed E-state index contributed by atoms with van der Waals surface area (Å²) in [5, 5.41) is 14.6. The van der Waals surface area contributed by atoms with Crippen LogP contribution < -0.4 is 5.43 Å². The van der Waals surface area contributed by atoms with Crippen LogP contribution in [0.5, 0.6) is 0 Å². The molecule has 0 atom stereocenters. The topological polar surface area (TPSA) is 85.1 Å². The monoisotopic (exact) mass is 396 g/mol. The molecule has 0 aliphatic heterocycles. The summed E-state index contributed by atoms with van der Waals surface area (Å²) in [6, 6.07) is 8.78. The molecule has 1 amide bonds. The molecule has 0 fully saturated rings. The molecule has 7 nitrogen and oxygen atoms in total. The van der Waals surface area contributed by atoms with Crippen molar-refractivity contribution in [2.45, 2.75) is 6.54 Å². The summed E-state index contributed by atoms with van der Waals surface area (Å²) in [4.78, 5) is 12.7. The van der Waals surface area contributed by atoms with Crippen LogP contribution in [-0.4, -0.2) is 32.3 Å². The van der Waals surface area contributed by atoms with Gasteiger partial charge in [0, 0.05) is 5.56 Å². The predicted molar refractivity (Wildman–Crippen MR) is 85.2 cm³/mol. The molecule has 0 radical (unpaired) electrons. The van der Waals surface area contributed by atoms with Crippen molar-refractivity contribution in [1.29, 1.82) is 0 Å². The third-order valence-electron chi connectivity index (χ3n) is 3.40. The Bertz CT molecular complexity index is 1020. The largest absolute Gasteiger partial charge is 0.271 e. The number of carbonyl (C=O) groups excluding carboxylic acids is 1. The minimum absolute atomic E-state index is 0.262. The molecule has 0 spiro atoms. The van der Waals surface area contributed by atoms with E-state index in [1.807, 2.05) is 5.43 Å². The third kappa shape index (κ3) is 3.84. The highest BCUT2D eigenvalue weighted by atomic mass is 19.2. The maximum atomic E-state index is 13.5. The van der Waals surface area contributed by atoms with Crippen molar-refractivity contribution in [3.63, 3.8) is 0 Å². The van der Waals surface area contributed by atoms with Gasteiger partial charge in [0.2, 0.25) is 11.6 Å². The molecule has 144 valence electrons. The Kier molecular flexibility index (Phi) is 5.38. The first kappa shape index (κ1) is 19.1. The smallest absolute Gasteiger partial charge is 0.263 e. The van der Waals surface area contributed by atoms with Crippen molar-refractivity contribution in [3.8, 4) is 11.4 Å². The zero-order valence-corrected chi connectivity index (χ0v) is 13.7. The lowest BCUT2D eigenvalue weighted by atomic mass is 10.2. The van der Waals surface area contributed by atoms with Gasteiger partial charge in [0.25, 0.3) is 5.91 Å². The number of hydrogen-bond acceptors (Lipinski definition) is 5. The van der Waals surface area contributed by atoms with E-state index in [9.17, 15) is 26.7 Å². The molecule has 12 heteroatoms. The van der Waals surface area contributed by atoms with E-state index in [1.165, 1.54) is 0 Å². The van der Waals surface area contributed by atoms with Crippen LogP contribution in [0.1, 0.15) is 5.56 Å². The Balaban J connectivity index is 1.66. The van der Waals surface area contributed by atoms with Crippen LogP contribution in [0.3, 0.4) is 0 Å². The van der Waals surface area contributed by atoms with Gasteiger partial charge in [-0.1, -0.05) is 30.3 Å². The third-order valence-corrected chi connectivity index (χ3v) is 3.40. The number of nitrogens with one attached hydrogen (secondary N) is 1. The quantitative estimate of drug-likeness (QED) is 0.236. The molecule has 1 N–H and O–H groups in total. The minimum Gasteiger partial charge on any atom is -0.271 e. The summed E-state index contributed by atoms with van der Waals surface area (Å²) in [5.41, 5.74) is 1.24. The van der Waals surface area contributed by atoms with Crippen LogP contribution in [0.4, 0.5) is 22.0 Å². The van der Waals surface area contributed by atoms with Gasteiger partial charge in [0.05, 0.1) is 11.8 Å². The fourth-order valence-corrected chi connectivity index (χ4v) is 2.08. The molecular formula is C16H9F5N6O. The highest BCUT2D eigenvalue weighted by Gasteiger charge is 2.24. The van der Waals surface area contributed by atoms with Crippen LogP contribution in [0, 0.1) is 29.1 Å². The summed E-state index contributed by atoms with van der Waals surface area (Å²) in [5.74, 6) is -11.2. The number of rotatable bonds is 5. The van der Waals surface area contributed by atoms with Crippen LogP contribution in [0.15, 0.2) is 35.4 Å². The van der Waals surface area contributed by atoms with Crippen molar-refractivity contribution in [3.05, 3.63) is 65.0 Å². The van der Waals surface area contributed by atoms with Crippen LogP contribution in [0.2, 0.25) is 0 Å². The summed E-state index contributed by atoms with van der Waals surface area (Å²) in [6.07, 6.45) is 0.304. The van der Waals surface area contributed by atoms with Gasteiger partial charge in [-0.3, -0.25) is 4.79 Å². The van der Waals surface area contributed by atoms with Crippen LogP contribution >= 0.6 is 0 Å². The second-order valence-corrected chi connectivity index (χ2v) is 5.29. The Labute approximate surface area is 153 Å². The second-order valence-electron chi connectivity index (χ2n) is 5.29. The molecule has 3 aromatic rings. The number of aromatic nitrogens is 4. The lowest BCUT2D eigenvalue weighted by Crippen LogP contribution is -2.24. The van der Waals surface area contributed by atoms with Gasteiger partial charge in [0.1, 0.15) is 6.54 Å². The van der Waals surface area contributed by atoms with Gasteiger partial charge in [0.15, 0.2) is 23.3 Å². The number of benzene rings is 2. The lowest BCUT2D eigenvalue weighted by molar-refractivity contribution is -0.122. The molecule has 1 heterocycles. The summed E-state index contributed by atoms with van der Waals surface area (Å²) < 4.78 is 66.1. The van der Waals surface area contributed by atoms with E-state index in [-0.39, 0.29) is 5.82 Å². The van der Waals surface area contributed by atoms with E-state index in [4.69, 9.17) is 0 Å². The predicted octanol–water partition coefficient (Wildman–Crippen LogP) is 2.19. The highest BCUT2D eigenvalue weighted by molar-refractivity contribution is 5.83. The molecule has 0 bridgehead atoms. The fraction of sp³-hybridized carbons (Fsp3) is 0.0625. The van der Waals surface area contributed by atoms with Crippen molar-refractivity contribution in [2.24, 2.45) is 5.10 Å². The van der Waals surface area contributed by atoms with Crippen molar-refractivity contribution in [1.82, 2.24) is 25.6 Å². The van der Waals surface area contributed by atoms with E-state index < -0.39 is 47.1 Å². The number of tetrazole rings is 1. The van der Waals surface area contributed by atoms with Gasteiger partial charge in [-0.15, -0.1) is 10.2 Å². The van der Waals surface area contributed by atoms with E-state index in [0.29, 0.717) is 11.8 Å². The zero-order chi connectivity index (χ0) is 20.3. The first-order chi connectivity index (χ1) is 13.4. The lowest BCUT2D eigenvalue weighted by Gasteiger charge is -2.04. The molecular weight excluding hydrogens is 387 g/mol. The summed E-state index contributed by atoms with van der Waals surface area (Å²) in [7, 11) is 0. The van der Waals surface area contributed by atoms with Crippen LogP contribution in [-0.2, 0) is 11.3 Å². The molecule has 0 unspecified atom stereocenters. The molecule has 1 aromatic heterocycles. The van der Waals surface area contributed by atoms with Crippen LogP contribution in [0.25, 0.3) is 11.4 Å². The number of halogens is 5. The number of carbonyl (C=O) groups is 1. The van der Waals surface area contributed by atoms with E-state index in [0.717, 1.165) is 4.80 Å². The van der Waals surface area contributed by atoms with Crippen molar-refractivity contribution in [2.75, 3.05) is 0 Å². The van der Waals surface area contributed by atoms with Gasteiger partial charge < -0.3 is 0 Å². The Morgan fingerprint density at radius 2 is 1.61 bits per heavy atom. The maximum Gasteiger partial charge on any atom is 0.263 e. The first-order valence-corrected chi connectivity index (χ1v) is 7.55. The van der Waals surface area contributed by atoms with Crippen molar-refractivity contribution < 1.29 is 26.7 Å². The fourth-order valence-electron chi connectivity index (χ4n) is 2.08. The number of hydrogen-bond donors (Lipinski definition) is 1. The molecule has 28 heavy (non-hydrogen) atoms. The summed E-state index contributed by atoms with van der Waals surface area (Å²) in [6.45, 7) is -0.450. The standard InChI is InChI=1S/C16H9F5N6O/c17-11-9(12(18)14(20)15(21)13(11)19)6-22-23-10(28)7-27-25-16(24-26-27)8-4-2-1-3-5-8/h1-6H,7H2,(H,23,28)/b22-6-. The van der Waals surface area contributed by atoms with Gasteiger partial charge >= 0.3 is 0 Å². The molecule has 0 saturated carbocycles. The van der Waals surface area contributed by atoms with Crippen molar-refractivity contribution >= 4 is 12.1 Å². The minimum atomic E-state index is -2.29. The Hall–Kier alpha value is -3.70. The average molecular weight is 396 g/mol. The highest BCUT2D eigenvalue weighted by Crippen LogP contribution is 2.21. The first-order valence-electron chi connectivity index (χ1n) is 7.55. The maximum absolute atomic E-state index is 13.5. The van der Waals surface area contributed by atoms with Gasteiger partial charge in [-0.05, 0) is 5.21 Å². The zero-order valence-electron chi connectivity index (χ0n) is 13.7. The van der Waals surface area contributed by atoms with E-state index >= 15 is 0 Å². The molecule has 0 aliphatic carbocycles. The average Bonchev–Trinajstić information content (AvgIpc) is 3.16. The van der Waals surface area contributed by atoms with Gasteiger partial charge in [-0.2, -0.15) is 9.90 Å². The van der Waals surface area contributed by atoms with Gasteiger partial charge in [-0.25, -0.2) is 27.4 Å². The number of hydrazone groups is 1.